The summed E-state index contributed by atoms with van der Waals surface area (Å²) in [4.78, 5) is 0. The van der Waals surface area contributed by atoms with Gasteiger partial charge >= 0.3 is 5.38 Å². The predicted octanol–water partition coefficient (Wildman–Crippen LogP) is 2.03. The monoisotopic (exact) mass is 236 g/mol. The van der Waals surface area contributed by atoms with Gasteiger partial charge in [0.05, 0.1) is 7.11 Å². The Hall–Kier alpha value is -0.910. The van der Waals surface area contributed by atoms with Crippen molar-refractivity contribution >= 4 is 11.6 Å². The van der Waals surface area contributed by atoms with E-state index in [1.807, 2.05) is 5.43 Å². The van der Waals surface area contributed by atoms with Gasteiger partial charge in [0, 0.05) is 0 Å². The molecule has 0 saturated carbocycles. The SMILES string of the molecule is COc1ccc(C(NN)C(F)(F)Cl)cc1. The fourth-order valence-corrected chi connectivity index (χ4v) is 1.37. The summed E-state index contributed by atoms with van der Waals surface area (Å²) in [6, 6.07) is 4.63. The van der Waals surface area contributed by atoms with Gasteiger partial charge in [0.25, 0.3) is 0 Å². The zero-order valence-electron chi connectivity index (χ0n) is 8.01. The summed E-state index contributed by atoms with van der Waals surface area (Å²) >= 11 is 4.90. The van der Waals surface area contributed by atoms with Gasteiger partial charge < -0.3 is 4.74 Å². The molecular weight excluding hydrogens is 226 g/mol. The Balaban J connectivity index is 2.93. The Bertz CT molecular complexity index is 313. The van der Waals surface area contributed by atoms with Crippen molar-refractivity contribution in [2.75, 3.05) is 7.11 Å². The van der Waals surface area contributed by atoms with E-state index in [2.05, 4.69) is 0 Å². The molecule has 0 saturated heterocycles. The lowest BCUT2D eigenvalue weighted by atomic mass is 10.1. The fraction of sp³-hybridized carbons (Fsp3) is 0.333. The van der Waals surface area contributed by atoms with Crippen molar-refractivity contribution in [3.8, 4) is 5.75 Å². The molecule has 1 aromatic carbocycles. The zero-order chi connectivity index (χ0) is 11.5. The van der Waals surface area contributed by atoms with Crippen LogP contribution in [0.4, 0.5) is 8.78 Å². The molecule has 0 fully saturated rings. The van der Waals surface area contributed by atoms with Crippen LogP contribution in [0.2, 0.25) is 0 Å². The minimum atomic E-state index is -3.44. The lowest BCUT2D eigenvalue weighted by Gasteiger charge is -2.21. The average molecular weight is 237 g/mol. The maximum Gasteiger partial charge on any atom is 0.342 e. The molecule has 0 aliphatic carbocycles. The van der Waals surface area contributed by atoms with E-state index in [9.17, 15) is 8.78 Å². The van der Waals surface area contributed by atoms with Gasteiger partial charge in [0.15, 0.2) is 0 Å². The minimum absolute atomic E-state index is 0.290. The van der Waals surface area contributed by atoms with Crippen LogP contribution < -0.4 is 16.0 Å². The molecule has 0 heterocycles. The highest BCUT2D eigenvalue weighted by Crippen LogP contribution is 2.34. The third-order valence-corrected chi connectivity index (χ3v) is 2.16. The molecule has 1 atom stereocenters. The third-order valence-electron chi connectivity index (χ3n) is 1.94. The van der Waals surface area contributed by atoms with Gasteiger partial charge in [-0.1, -0.05) is 12.1 Å². The molecule has 0 spiro atoms. The Morgan fingerprint density at radius 1 is 1.40 bits per heavy atom. The predicted molar refractivity (Wildman–Crippen MR) is 53.9 cm³/mol. The molecule has 0 aromatic heterocycles. The van der Waals surface area contributed by atoms with Crippen molar-refractivity contribution in [3.05, 3.63) is 29.8 Å². The molecule has 6 heteroatoms. The summed E-state index contributed by atoms with van der Waals surface area (Å²) in [6.45, 7) is 0. The largest absolute Gasteiger partial charge is 0.497 e. The first-order chi connectivity index (χ1) is 6.99. The first kappa shape index (κ1) is 12.2. The number of ether oxygens (including phenoxy) is 1. The number of hydrogen-bond acceptors (Lipinski definition) is 3. The second-order valence-corrected chi connectivity index (χ2v) is 3.42. The van der Waals surface area contributed by atoms with Crippen molar-refractivity contribution in [3.63, 3.8) is 0 Å². The van der Waals surface area contributed by atoms with Crippen LogP contribution in [-0.2, 0) is 0 Å². The highest BCUT2D eigenvalue weighted by atomic mass is 35.5. The summed E-state index contributed by atoms with van der Waals surface area (Å²) in [6.07, 6.45) is 0. The normalized spacial score (nSPS) is 13.7. The van der Waals surface area contributed by atoms with Crippen LogP contribution in [0.1, 0.15) is 11.6 Å². The molecule has 3 nitrogen and oxygen atoms in total. The molecule has 1 aromatic rings. The molecule has 0 bridgehead atoms. The van der Waals surface area contributed by atoms with Crippen LogP contribution >= 0.6 is 11.6 Å². The number of hydrogen-bond donors (Lipinski definition) is 2. The first-order valence-electron chi connectivity index (χ1n) is 4.16. The highest BCUT2D eigenvalue weighted by Gasteiger charge is 2.37. The van der Waals surface area contributed by atoms with E-state index in [0.29, 0.717) is 11.3 Å². The number of benzene rings is 1. The molecular formula is C9H11ClF2N2O. The van der Waals surface area contributed by atoms with E-state index in [1.54, 1.807) is 12.1 Å². The van der Waals surface area contributed by atoms with Crippen LogP contribution in [0, 0.1) is 0 Å². The summed E-state index contributed by atoms with van der Waals surface area (Å²) < 4.78 is 30.6. The zero-order valence-corrected chi connectivity index (χ0v) is 8.76. The van der Waals surface area contributed by atoms with Gasteiger partial charge in [-0.25, -0.2) is 5.43 Å². The van der Waals surface area contributed by atoms with Crippen molar-refractivity contribution < 1.29 is 13.5 Å². The number of methoxy groups -OCH3 is 1. The summed E-state index contributed by atoms with van der Waals surface area (Å²) in [5.41, 5.74) is 2.26. The lowest BCUT2D eigenvalue weighted by Crippen LogP contribution is -2.37. The number of nitrogens with two attached hydrogens (primary N) is 1. The van der Waals surface area contributed by atoms with E-state index in [4.69, 9.17) is 22.2 Å². The van der Waals surface area contributed by atoms with Gasteiger partial charge in [0.1, 0.15) is 11.8 Å². The van der Waals surface area contributed by atoms with E-state index in [0.717, 1.165) is 0 Å². The Morgan fingerprint density at radius 3 is 2.27 bits per heavy atom. The van der Waals surface area contributed by atoms with Gasteiger partial charge in [-0.05, 0) is 29.3 Å². The lowest BCUT2D eigenvalue weighted by molar-refractivity contribution is 0.0497. The van der Waals surface area contributed by atoms with Gasteiger partial charge in [-0.15, -0.1) is 0 Å². The van der Waals surface area contributed by atoms with Crippen LogP contribution in [0.5, 0.6) is 5.75 Å². The van der Waals surface area contributed by atoms with Crippen molar-refractivity contribution in [2.45, 2.75) is 11.4 Å². The van der Waals surface area contributed by atoms with Crippen molar-refractivity contribution in [1.29, 1.82) is 0 Å². The van der Waals surface area contributed by atoms with Crippen molar-refractivity contribution in [1.82, 2.24) is 5.43 Å². The maximum absolute atomic E-state index is 12.8. The molecule has 0 aliphatic rings. The fourth-order valence-electron chi connectivity index (χ4n) is 1.18. The second kappa shape index (κ2) is 4.74. The molecule has 15 heavy (non-hydrogen) atoms. The third kappa shape index (κ3) is 3.02. The Kier molecular flexibility index (Phi) is 3.84. The van der Waals surface area contributed by atoms with Crippen LogP contribution in [0.3, 0.4) is 0 Å². The topological polar surface area (TPSA) is 47.3 Å². The van der Waals surface area contributed by atoms with Crippen molar-refractivity contribution in [2.24, 2.45) is 5.84 Å². The van der Waals surface area contributed by atoms with Crippen LogP contribution in [-0.4, -0.2) is 12.5 Å². The molecule has 0 amide bonds. The summed E-state index contributed by atoms with van der Waals surface area (Å²) in [7, 11) is 1.49. The molecule has 1 unspecified atom stereocenters. The molecule has 1 rings (SSSR count). The van der Waals surface area contributed by atoms with E-state index in [1.165, 1.54) is 19.2 Å². The average Bonchev–Trinajstić information content (AvgIpc) is 2.18. The Labute approximate surface area is 91.1 Å². The minimum Gasteiger partial charge on any atom is -0.497 e. The van der Waals surface area contributed by atoms with E-state index in [-0.39, 0.29) is 0 Å². The number of nitrogens with one attached hydrogen (secondary N) is 1. The standard InChI is InChI=1S/C9H11ClF2N2O/c1-15-7-4-2-6(3-5-7)8(14-13)9(10,11)12/h2-5,8,14H,13H2,1H3. The summed E-state index contributed by atoms with van der Waals surface area (Å²) in [5.74, 6) is 5.59. The van der Waals surface area contributed by atoms with Gasteiger partial charge in [-0.2, -0.15) is 8.78 Å². The smallest absolute Gasteiger partial charge is 0.342 e. The number of halogens is 3. The molecule has 84 valence electrons. The van der Waals surface area contributed by atoms with E-state index >= 15 is 0 Å². The van der Waals surface area contributed by atoms with Gasteiger partial charge in [0.2, 0.25) is 0 Å². The second-order valence-electron chi connectivity index (χ2n) is 2.91. The molecule has 0 aliphatic heterocycles. The van der Waals surface area contributed by atoms with Crippen LogP contribution in [0.25, 0.3) is 0 Å². The first-order valence-corrected chi connectivity index (χ1v) is 4.53. The number of hydrazine groups is 1. The summed E-state index contributed by atoms with van der Waals surface area (Å²) in [5, 5.41) is -3.44. The highest BCUT2D eigenvalue weighted by molar-refractivity contribution is 6.22. The Morgan fingerprint density at radius 2 is 1.93 bits per heavy atom. The van der Waals surface area contributed by atoms with Crippen LogP contribution in [0.15, 0.2) is 24.3 Å². The number of rotatable bonds is 4. The maximum atomic E-state index is 12.8. The van der Waals surface area contributed by atoms with E-state index < -0.39 is 11.4 Å². The number of alkyl halides is 3. The molecule has 3 N–H and O–H groups in total. The van der Waals surface area contributed by atoms with Gasteiger partial charge in [-0.3, -0.25) is 5.84 Å². The quantitative estimate of drug-likeness (QED) is 0.478. The molecule has 0 radical (unpaired) electrons.